The Hall–Kier alpha value is -2.17. The van der Waals surface area contributed by atoms with Crippen molar-refractivity contribution in [3.8, 4) is 0 Å². The normalized spacial score (nSPS) is 14.5. The fourth-order valence-corrected chi connectivity index (χ4v) is 3.18. The minimum atomic E-state index is -4.33. The van der Waals surface area contributed by atoms with E-state index < -0.39 is 11.7 Å². The first kappa shape index (κ1) is 16.7. The number of benzene rings is 2. The van der Waals surface area contributed by atoms with Crippen molar-refractivity contribution in [3.63, 3.8) is 0 Å². The molecule has 0 heterocycles. The molecule has 128 valence electrons. The summed E-state index contributed by atoms with van der Waals surface area (Å²) in [5, 5.41) is 3.17. The zero-order valence-corrected chi connectivity index (χ0v) is 13.8. The molecule has 1 aliphatic carbocycles. The van der Waals surface area contributed by atoms with Crippen molar-refractivity contribution in [3.05, 3.63) is 59.2 Å². The van der Waals surface area contributed by atoms with Crippen LogP contribution in [0.3, 0.4) is 0 Å². The van der Waals surface area contributed by atoms with Crippen LogP contribution >= 0.6 is 0 Å². The number of hydrogen-bond acceptors (Lipinski definition) is 2. The van der Waals surface area contributed by atoms with E-state index >= 15 is 0 Å². The second kappa shape index (κ2) is 6.38. The van der Waals surface area contributed by atoms with Gasteiger partial charge in [0.25, 0.3) is 0 Å². The Labute approximate surface area is 140 Å². The monoisotopic (exact) mass is 334 g/mol. The topological polar surface area (TPSA) is 15.3 Å². The van der Waals surface area contributed by atoms with E-state index in [0.717, 1.165) is 30.3 Å². The predicted molar refractivity (Wildman–Crippen MR) is 91.5 cm³/mol. The van der Waals surface area contributed by atoms with Crippen LogP contribution < -0.4 is 10.2 Å². The number of nitrogens with zero attached hydrogens (tertiary/aromatic N) is 1. The van der Waals surface area contributed by atoms with Gasteiger partial charge in [0.05, 0.1) is 16.9 Å². The van der Waals surface area contributed by atoms with E-state index in [9.17, 15) is 13.2 Å². The summed E-state index contributed by atoms with van der Waals surface area (Å²) in [7, 11) is 3.70. The summed E-state index contributed by atoms with van der Waals surface area (Å²) in [6, 6.07) is 11.8. The van der Waals surface area contributed by atoms with E-state index in [-0.39, 0.29) is 6.54 Å². The van der Waals surface area contributed by atoms with Gasteiger partial charge in [-0.1, -0.05) is 30.3 Å². The molecule has 0 radical (unpaired) electrons. The molecule has 0 saturated heterocycles. The molecule has 1 saturated carbocycles. The van der Waals surface area contributed by atoms with E-state index in [4.69, 9.17) is 0 Å². The number of halogens is 3. The van der Waals surface area contributed by atoms with Crippen molar-refractivity contribution in [1.82, 2.24) is 0 Å². The van der Waals surface area contributed by atoms with Crippen LogP contribution in [-0.2, 0) is 12.7 Å². The lowest BCUT2D eigenvalue weighted by atomic mass is 10.0. The molecule has 1 N–H and O–H groups in total. The standard InChI is InChI=1S/C19H21F3N2/c1-23-17-9-5-7-15(13-10-11-13)18(17)24(2)12-14-6-3-4-8-16(14)19(20,21)22/h3-9,13,23H,10-12H2,1-2H3. The highest BCUT2D eigenvalue weighted by Crippen LogP contribution is 2.47. The van der Waals surface area contributed by atoms with E-state index in [0.29, 0.717) is 11.5 Å². The summed E-state index contributed by atoms with van der Waals surface area (Å²) in [5.41, 5.74) is 2.90. The Morgan fingerprint density at radius 3 is 2.42 bits per heavy atom. The highest BCUT2D eigenvalue weighted by atomic mass is 19.4. The van der Waals surface area contributed by atoms with Gasteiger partial charge in [-0.25, -0.2) is 0 Å². The molecule has 2 aromatic carbocycles. The van der Waals surface area contributed by atoms with Crippen LogP contribution in [0.1, 0.15) is 35.4 Å². The molecule has 2 nitrogen and oxygen atoms in total. The first-order valence-electron chi connectivity index (χ1n) is 8.08. The first-order valence-corrected chi connectivity index (χ1v) is 8.08. The van der Waals surface area contributed by atoms with Crippen molar-refractivity contribution in [2.75, 3.05) is 24.3 Å². The lowest BCUT2D eigenvalue weighted by Gasteiger charge is -2.27. The van der Waals surface area contributed by atoms with Gasteiger partial charge in [-0.2, -0.15) is 13.2 Å². The SMILES string of the molecule is CNc1cccc(C2CC2)c1N(C)Cc1ccccc1C(F)(F)F. The average Bonchev–Trinajstić information content (AvgIpc) is 3.38. The fourth-order valence-electron chi connectivity index (χ4n) is 3.18. The second-order valence-electron chi connectivity index (χ2n) is 6.28. The molecule has 5 heteroatoms. The number of alkyl halides is 3. The summed E-state index contributed by atoms with van der Waals surface area (Å²) >= 11 is 0. The van der Waals surface area contributed by atoms with Crippen LogP contribution in [0.5, 0.6) is 0 Å². The van der Waals surface area contributed by atoms with Gasteiger partial charge in [-0.05, 0) is 42.0 Å². The van der Waals surface area contributed by atoms with Crippen molar-refractivity contribution < 1.29 is 13.2 Å². The minimum absolute atomic E-state index is 0.216. The molecule has 0 spiro atoms. The van der Waals surface area contributed by atoms with E-state index in [2.05, 4.69) is 11.4 Å². The molecular formula is C19H21F3N2. The average molecular weight is 334 g/mol. The van der Waals surface area contributed by atoms with Crippen LogP contribution in [0.2, 0.25) is 0 Å². The number of rotatable bonds is 5. The smallest absolute Gasteiger partial charge is 0.386 e. The first-order chi connectivity index (χ1) is 11.4. The molecule has 0 atom stereocenters. The molecule has 1 aliphatic rings. The molecule has 0 amide bonds. The number of hydrogen-bond donors (Lipinski definition) is 1. The summed E-state index contributed by atoms with van der Waals surface area (Å²) in [5.74, 6) is 0.522. The maximum Gasteiger partial charge on any atom is 0.416 e. The van der Waals surface area contributed by atoms with Crippen molar-refractivity contribution in [2.24, 2.45) is 0 Å². The Morgan fingerprint density at radius 1 is 1.08 bits per heavy atom. The van der Waals surface area contributed by atoms with Crippen LogP contribution in [0.15, 0.2) is 42.5 Å². The number of anilines is 2. The highest BCUT2D eigenvalue weighted by molar-refractivity contribution is 5.74. The fraction of sp³-hybridized carbons (Fsp3) is 0.368. The molecule has 24 heavy (non-hydrogen) atoms. The van der Waals surface area contributed by atoms with Gasteiger partial charge in [-0.15, -0.1) is 0 Å². The van der Waals surface area contributed by atoms with Gasteiger partial charge in [0.15, 0.2) is 0 Å². The van der Waals surface area contributed by atoms with Crippen molar-refractivity contribution in [1.29, 1.82) is 0 Å². The van der Waals surface area contributed by atoms with Crippen LogP contribution in [0.4, 0.5) is 24.5 Å². The molecule has 1 fully saturated rings. The number of nitrogens with one attached hydrogen (secondary N) is 1. The lowest BCUT2D eigenvalue weighted by Crippen LogP contribution is -2.22. The summed E-state index contributed by atoms with van der Waals surface area (Å²) in [6.07, 6.45) is -2.04. The van der Waals surface area contributed by atoms with Gasteiger partial charge in [0.1, 0.15) is 0 Å². The van der Waals surface area contributed by atoms with E-state index in [1.807, 2.05) is 31.1 Å². The maximum absolute atomic E-state index is 13.2. The van der Waals surface area contributed by atoms with Gasteiger partial charge >= 0.3 is 6.18 Å². The maximum atomic E-state index is 13.2. The zero-order valence-electron chi connectivity index (χ0n) is 13.8. The third-order valence-electron chi connectivity index (χ3n) is 4.47. The molecular weight excluding hydrogens is 313 g/mol. The van der Waals surface area contributed by atoms with Crippen molar-refractivity contribution in [2.45, 2.75) is 31.5 Å². The Kier molecular flexibility index (Phi) is 4.43. The zero-order chi connectivity index (χ0) is 17.3. The van der Waals surface area contributed by atoms with Gasteiger partial charge in [0.2, 0.25) is 0 Å². The third kappa shape index (κ3) is 3.35. The Bertz CT molecular complexity index is 721. The molecule has 0 bridgehead atoms. The quantitative estimate of drug-likeness (QED) is 0.802. The van der Waals surface area contributed by atoms with E-state index in [1.165, 1.54) is 11.6 Å². The molecule has 2 aromatic rings. The lowest BCUT2D eigenvalue weighted by molar-refractivity contribution is -0.138. The van der Waals surface area contributed by atoms with Crippen molar-refractivity contribution >= 4 is 11.4 Å². The third-order valence-corrected chi connectivity index (χ3v) is 4.47. The van der Waals surface area contributed by atoms with Gasteiger partial charge in [-0.3, -0.25) is 0 Å². The van der Waals surface area contributed by atoms with Crippen LogP contribution in [0, 0.1) is 0 Å². The molecule has 0 unspecified atom stereocenters. The summed E-state index contributed by atoms with van der Waals surface area (Å²) in [4.78, 5) is 1.92. The summed E-state index contributed by atoms with van der Waals surface area (Å²) < 4.78 is 39.7. The van der Waals surface area contributed by atoms with Crippen LogP contribution in [-0.4, -0.2) is 14.1 Å². The Morgan fingerprint density at radius 2 is 1.79 bits per heavy atom. The minimum Gasteiger partial charge on any atom is -0.386 e. The van der Waals surface area contributed by atoms with E-state index in [1.54, 1.807) is 12.1 Å². The summed E-state index contributed by atoms with van der Waals surface area (Å²) in [6.45, 7) is 0.216. The molecule has 0 aliphatic heterocycles. The highest BCUT2D eigenvalue weighted by Gasteiger charge is 2.34. The van der Waals surface area contributed by atoms with Gasteiger partial charge < -0.3 is 10.2 Å². The molecule has 0 aromatic heterocycles. The largest absolute Gasteiger partial charge is 0.416 e. The van der Waals surface area contributed by atoms with Crippen LogP contribution in [0.25, 0.3) is 0 Å². The number of para-hydroxylation sites is 1. The molecule has 3 rings (SSSR count). The Balaban J connectivity index is 1.96. The predicted octanol–water partition coefficient (Wildman–Crippen LogP) is 5.26. The van der Waals surface area contributed by atoms with Gasteiger partial charge in [0, 0.05) is 20.6 Å². The second-order valence-corrected chi connectivity index (χ2v) is 6.28.